The van der Waals surface area contributed by atoms with Gasteiger partial charge in [-0.05, 0) is 25.0 Å². The Balaban J connectivity index is 3.46. The van der Waals surface area contributed by atoms with Gasteiger partial charge in [0.05, 0.1) is 7.11 Å². The number of phenols is 1. The summed E-state index contributed by atoms with van der Waals surface area (Å²) >= 11 is 3.46. The Hall–Kier alpha value is -0.740. The first-order chi connectivity index (χ1) is 7.02. The fraction of sp³-hybridized carbons (Fsp3) is 0.455. The normalized spacial score (nSPS) is 12.6. The molecule has 0 radical (unpaired) electrons. The molecule has 0 saturated heterocycles. The summed E-state index contributed by atoms with van der Waals surface area (Å²) < 4.78 is 5.98. The van der Waals surface area contributed by atoms with Crippen LogP contribution >= 0.6 is 15.9 Å². The Kier molecular flexibility index (Phi) is 3.99. The molecule has 1 rings (SSSR count). The molecule has 0 amide bonds. The van der Waals surface area contributed by atoms with Crippen LogP contribution in [0.4, 0.5) is 0 Å². The van der Waals surface area contributed by atoms with Crippen LogP contribution in [0.2, 0.25) is 0 Å². The maximum Gasteiger partial charge on any atom is 0.163 e. The minimum atomic E-state index is -0.236. The summed E-state index contributed by atoms with van der Waals surface area (Å²) in [5.41, 5.74) is 7.60. The predicted octanol–water partition coefficient (Wildman–Crippen LogP) is 2.75. The standard InChI is InChI=1S/C11H16BrNO2/c1-4-7-5-8(15-3)11(14)9(6(2)13)10(7)12/h5-6,14H,4,13H2,1-3H3. The molecule has 15 heavy (non-hydrogen) atoms. The number of hydrogen-bond donors (Lipinski definition) is 2. The third-order valence-corrected chi connectivity index (χ3v) is 3.30. The van der Waals surface area contributed by atoms with Crippen LogP contribution in [-0.2, 0) is 6.42 Å². The molecule has 3 nitrogen and oxygen atoms in total. The number of methoxy groups -OCH3 is 1. The van der Waals surface area contributed by atoms with Crippen LogP contribution < -0.4 is 10.5 Å². The third kappa shape index (κ3) is 2.26. The number of ether oxygens (including phenoxy) is 1. The molecule has 0 spiro atoms. The topological polar surface area (TPSA) is 55.5 Å². The van der Waals surface area contributed by atoms with Crippen molar-refractivity contribution >= 4 is 15.9 Å². The number of benzene rings is 1. The Labute approximate surface area is 98.4 Å². The average Bonchev–Trinajstić information content (AvgIpc) is 2.18. The van der Waals surface area contributed by atoms with Gasteiger partial charge in [0.2, 0.25) is 0 Å². The zero-order chi connectivity index (χ0) is 11.6. The monoisotopic (exact) mass is 273 g/mol. The fourth-order valence-electron chi connectivity index (χ4n) is 1.53. The van der Waals surface area contributed by atoms with E-state index in [2.05, 4.69) is 15.9 Å². The molecule has 1 unspecified atom stereocenters. The van der Waals surface area contributed by atoms with E-state index in [1.165, 1.54) is 7.11 Å². The maximum atomic E-state index is 9.93. The van der Waals surface area contributed by atoms with E-state index in [9.17, 15) is 5.11 Å². The smallest absolute Gasteiger partial charge is 0.163 e. The molecule has 84 valence electrons. The first kappa shape index (κ1) is 12.3. The summed E-state index contributed by atoms with van der Waals surface area (Å²) in [6.07, 6.45) is 0.858. The van der Waals surface area contributed by atoms with Crippen molar-refractivity contribution in [2.24, 2.45) is 5.73 Å². The minimum Gasteiger partial charge on any atom is -0.504 e. The largest absolute Gasteiger partial charge is 0.504 e. The lowest BCUT2D eigenvalue weighted by Gasteiger charge is -2.16. The summed E-state index contributed by atoms with van der Waals surface area (Å²) in [6, 6.07) is 1.59. The van der Waals surface area contributed by atoms with Crippen LogP contribution in [0.1, 0.15) is 31.0 Å². The zero-order valence-corrected chi connectivity index (χ0v) is 10.8. The van der Waals surface area contributed by atoms with Crippen molar-refractivity contribution in [2.45, 2.75) is 26.3 Å². The van der Waals surface area contributed by atoms with Gasteiger partial charge in [-0.3, -0.25) is 0 Å². The molecule has 4 heteroatoms. The van der Waals surface area contributed by atoms with Gasteiger partial charge in [-0.2, -0.15) is 0 Å². The first-order valence-electron chi connectivity index (χ1n) is 4.86. The summed E-state index contributed by atoms with van der Waals surface area (Å²) in [6.45, 7) is 3.88. The van der Waals surface area contributed by atoms with Crippen LogP contribution in [-0.4, -0.2) is 12.2 Å². The second kappa shape index (κ2) is 4.86. The number of aryl methyl sites for hydroxylation is 1. The molecule has 1 aromatic rings. The van der Waals surface area contributed by atoms with Crippen LogP contribution in [0.5, 0.6) is 11.5 Å². The summed E-state index contributed by atoms with van der Waals surface area (Å²) in [7, 11) is 1.54. The van der Waals surface area contributed by atoms with Gasteiger partial charge in [0, 0.05) is 16.1 Å². The molecule has 0 saturated carbocycles. The van der Waals surface area contributed by atoms with Crippen molar-refractivity contribution in [3.05, 3.63) is 21.7 Å². The highest BCUT2D eigenvalue weighted by molar-refractivity contribution is 9.10. The second-order valence-electron chi connectivity index (χ2n) is 3.46. The van der Waals surface area contributed by atoms with E-state index in [4.69, 9.17) is 10.5 Å². The molecule has 3 N–H and O–H groups in total. The number of rotatable bonds is 3. The molecule has 0 bridgehead atoms. The molecule has 0 aromatic heterocycles. The molecule has 0 fully saturated rings. The summed E-state index contributed by atoms with van der Waals surface area (Å²) in [5, 5.41) is 9.93. The van der Waals surface area contributed by atoms with E-state index in [0.29, 0.717) is 11.3 Å². The van der Waals surface area contributed by atoms with Crippen LogP contribution in [0, 0.1) is 0 Å². The summed E-state index contributed by atoms with van der Waals surface area (Å²) in [5.74, 6) is 0.596. The van der Waals surface area contributed by atoms with Gasteiger partial charge in [-0.1, -0.05) is 22.9 Å². The molecular weight excluding hydrogens is 258 g/mol. The van der Waals surface area contributed by atoms with Gasteiger partial charge in [0.15, 0.2) is 11.5 Å². The maximum absolute atomic E-state index is 9.93. The SMILES string of the molecule is CCc1cc(OC)c(O)c(C(C)N)c1Br. The Bertz CT molecular complexity index is 336. The van der Waals surface area contributed by atoms with Gasteiger partial charge in [-0.25, -0.2) is 0 Å². The van der Waals surface area contributed by atoms with E-state index in [-0.39, 0.29) is 11.8 Å². The van der Waals surface area contributed by atoms with Crippen molar-refractivity contribution in [2.75, 3.05) is 7.11 Å². The number of halogens is 1. The average molecular weight is 274 g/mol. The highest BCUT2D eigenvalue weighted by Crippen LogP contribution is 2.40. The van der Waals surface area contributed by atoms with Crippen LogP contribution in [0.25, 0.3) is 0 Å². The van der Waals surface area contributed by atoms with Gasteiger partial charge in [-0.15, -0.1) is 0 Å². The van der Waals surface area contributed by atoms with Gasteiger partial charge in [0.1, 0.15) is 0 Å². The molecule has 0 aliphatic carbocycles. The Morgan fingerprint density at radius 3 is 2.60 bits per heavy atom. The molecule has 0 aliphatic heterocycles. The van der Waals surface area contributed by atoms with Gasteiger partial charge in [0.25, 0.3) is 0 Å². The lowest BCUT2D eigenvalue weighted by molar-refractivity contribution is 0.368. The molecular formula is C11H16BrNO2. The molecule has 1 aromatic carbocycles. The first-order valence-corrected chi connectivity index (χ1v) is 5.66. The van der Waals surface area contributed by atoms with Gasteiger partial charge >= 0.3 is 0 Å². The fourth-order valence-corrected chi connectivity index (χ4v) is 2.47. The molecule has 0 heterocycles. The lowest BCUT2D eigenvalue weighted by Crippen LogP contribution is -2.08. The second-order valence-corrected chi connectivity index (χ2v) is 4.25. The zero-order valence-electron chi connectivity index (χ0n) is 9.17. The number of hydrogen-bond acceptors (Lipinski definition) is 3. The van der Waals surface area contributed by atoms with E-state index in [0.717, 1.165) is 16.5 Å². The van der Waals surface area contributed by atoms with E-state index in [1.54, 1.807) is 0 Å². The highest BCUT2D eigenvalue weighted by Gasteiger charge is 2.18. The third-order valence-electron chi connectivity index (χ3n) is 2.37. The molecule has 0 aliphatic rings. The lowest BCUT2D eigenvalue weighted by atomic mass is 10.0. The van der Waals surface area contributed by atoms with Crippen molar-refractivity contribution in [1.29, 1.82) is 0 Å². The van der Waals surface area contributed by atoms with E-state index < -0.39 is 0 Å². The van der Waals surface area contributed by atoms with E-state index >= 15 is 0 Å². The van der Waals surface area contributed by atoms with Gasteiger partial charge < -0.3 is 15.6 Å². The highest BCUT2D eigenvalue weighted by atomic mass is 79.9. The minimum absolute atomic E-state index is 0.122. The van der Waals surface area contributed by atoms with Crippen molar-refractivity contribution < 1.29 is 9.84 Å². The number of phenolic OH excluding ortho intramolecular Hbond substituents is 1. The summed E-state index contributed by atoms with van der Waals surface area (Å²) in [4.78, 5) is 0. The van der Waals surface area contributed by atoms with Crippen molar-refractivity contribution in [1.82, 2.24) is 0 Å². The predicted molar refractivity (Wildman–Crippen MR) is 64.3 cm³/mol. The van der Waals surface area contributed by atoms with Crippen molar-refractivity contribution in [3.8, 4) is 11.5 Å². The number of nitrogens with two attached hydrogens (primary N) is 1. The van der Waals surface area contributed by atoms with Crippen molar-refractivity contribution in [3.63, 3.8) is 0 Å². The molecule has 1 atom stereocenters. The van der Waals surface area contributed by atoms with Crippen LogP contribution in [0.15, 0.2) is 10.5 Å². The quantitative estimate of drug-likeness (QED) is 0.891. The number of aromatic hydroxyl groups is 1. The van der Waals surface area contributed by atoms with Crippen LogP contribution in [0.3, 0.4) is 0 Å². The Morgan fingerprint density at radius 1 is 1.60 bits per heavy atom. The Morgan fingerprint density at radius 2 is 2.20 bits per heavy atom. The van der Waals surface area contributed by atoms with E-state index in [1.807, 2.05) is 19.9 Å².